The molecule has 1 rings (SSSR count). The highest BCUT2D eigenvalue weighted by Crippen LogP contribution is 2.25. The lowest BCUT2D eigenvalue weighted by Gasteiger charge is -2.17. The molecule has 106 valence electrons. The van der Waals surface area contributed by atoms with Gasteiger partial charge in [0.1, 0.15) is 5.75 Å². The van der Waals surface area contributed by atoms with E-state index in [-0.39, 0.29) is 12.5 Å². The molecule has 0 aromatic heterocycles. The van der Waals surface area contributed by atoms with Crippen LogP contribution in [-0.4, -0.2) is 37.6 Å². The highest BCUT2D eigenvalue weighted by atomic mass is 16.5. The summed E-state index contributed by atoms with van der Waals surface area (Å²) in [5.41, 5.74) is 8.88. The van der Waals surface area contributed by atoms with Crippen LogP contribution in [0.1, 0.15) is 23.6 Å². The van der Waals surface area contributed by atoms with E-state index in [0.29, 0.717) is 13.1 Å². The maximum atomic E-state index is 11.7. The second-order valence-corrected chi connectivity index (χ2v) is 4.79. The van der Waals surface area contributed by atoms with Crippen LogP contribution in [-0.2, 0) is 11.2 Å². The van der Waals surface area contributed by atoms with Crippen LogP contribution in [0.25, 0.3) is 0 Å². The molecule has 0 fully saturated rings. The second kappa shape index (κ2) is 7.14. The number of hydrogen-bond donors (Lipinski definition) is 1. The molecule has 0 saturated carbocycles. The first-order valence-electron chi connectivity index (χ1n) is 6.66. The van der Waals surface area contributed by atoms with Crippen LogP contribution in [0.15, 0.2) is 12.1 Å². The lowest BCUT2D eigenvalue weighted by Crippen LogP contribution is -2.31. The molecule has 0 unspecified atom stereocenters. The Bertz CT molecular complexity index is 421. The van der Waals surface area contributed by atoms with Crippen molar-refractivity contribution in [3.05, 3.63) is 28.8 Å². The standard InChI is InChI=1S/C15H24N2O2/c1-5-17(4)14(18)10-19-15-11(2)8-13(6-7-16)9-12(15)3/h8-9H,5-7,10,16H2,1-4H3. The van der Waals surface area contributed by atoms with Crippen molar-refractivity contribution in [1.29, 1.82) is 0 Å². The van der Waals surface area contributed by atoms with E-state index >= 15 is 0 Å². The van der Waals surface area contributed by atoms with E-state index in [0.717, 1.165) is 23.3 Å². The quantitative estimate of drug-likeness (QED) is 0.850. The van der Waals surface area contributed by atoms with Gasteiger partial charge in [-0.3, -0.25) is 4.79 Å². The van der Waals surface area contributed by atoms with Gasteiger partial charge in [-0.2, -0.15) is 0 Å². The zero-order valence-electron chi connectivity index (χ0n) is 12.3. The van der Waals surface area contributed by atoms with Gasteiger partial charge in [0.25, 0.3) is 5.91 Å². The Morgan fingerprint density at radius 2 is 1.89 bits per heavy atom. The number of aryl methyl sites for hydroxylation is 2. The number of benzene rings is 1. The van der Waals surface area contributed by atoms with Crippen LogP contribution in [0, 0.1) is 13.8 Å². The minimum absolute atomic E-state index is 0.00710. The second-order valence-electron chi connectivity index (χ2n) is 4.79. The first kappa shape index (κ1) is 15.5. The number of rotatable bonds is 6. The molecule has 0 spiro atoms. The number of ether oxygens (including phenoxy) is 1. The Hall–Kier alpha value is -1.55. The van der Waals surface area contributed by atoms with E-state index in [1.54, 1.807) is 11.9 Å². The van der Waals surface area contributed by atoms with E-state index < -0.39 is 0 Å². The van der Waals surface area contributed by atoms with E-state index in [1.165, 1.54) is 5.56 Å². The Morgan fingerprint density at radius 3 is 2.37 bits per heavy atom. The molecular weight excluding hydrogens is 240 g/mol. The van der Waals surface area contributed by atoms with Crippen LogP contribution in [0.3, 0.4) is 0 Å². The van der Waals surface area contributed by atoms with Crippen molar-refractivity contribution in [3.63, 3.8) is 0 Å². The third-order valence-electron chi connectivity index (χ3n) is 3.19. The molecule has 0 atom stereocenters. The predicted octanol–water partition coefficient (Wildman–Crippen LogP) is 1.66. The van der Waals surface area contributed by atoms with Crippen molar-refractivity contribution >= 4 is 5.91 Å². The fourth-order valence-corrected chi connectivity index (χ4v) is 2.00. The Balaban J connectivity index is 2.76. The zero-order chi connectivity index (χ0) is 14.4. The molecule has 4 nitrogen and oxygen atoms in total. The molecule has 4 heteroatoms. The highest BCUT2D eigenvalue weighted by molar-refractivity contribution is 5.77. The van der Waals surface area contributed by atoms with Crippen LogP contribution in [0.5, 0.6) is 5.75 Å². The number of amides is 1. The monoisotopic (exact) mass is 264 g/mol. The van der Waals surface area contributed by atoms with Gasteiger partial charge in [0.15, 0.2) is 6.61 Å². The van der Waals surface area contributed by atoms with Gasteiger partial charge in [-0.15, -0.1) is 0 Å². The van der Waals surface area contributed by atoms with Gasteiger partial charge in [-0.1, -0.05) is 12.1 Å². The number of carbonyl (C=O) groups is 1. The van der Waals surface area contributed by atoms with Crippen LogP contribution >= 0.6 is 0 Å². The Kier molecular flexibility index (Phi) is 5.83. The van der Waals surface area contributed by atoms with Gasteiger partial charge in [0, 0.05) is 13.6 Å². The molecule has 0 aliphatic carbocycles. The summed E-state index contributed by atoms with van der Waals surface area (Å²) in [5.74, 6) is 0.797. The summed E-state index contributed by atoms with van der Waals surface area (Å²) in [4.78, 5) is 13.4. The maximum absolute atomic E-state index is 11.7. The van der Waals surface area contributed by atoms with E-state index in [9.17, 15) is 4.79 Å². The molecule has 19 heavy (non-hydrogen) atoms. The number of hydrogen-bond acceptors (Lipinski definition) is 3. The number of carbonyl (C=O) groups excluding carboxylic acids is 1. The molecular formula is C15H24N2O2. The minimum atomic E-state index is -0.00710. The number of likely N-dealkylation sites (N-methyl/N-ethyl adjacent to an activating group) is 1. The summed E-state index contributed by atoms with van der Waals surface area (Å²) in [6.45, 7) is 7.35. The van der Waals surface area contributed by atoms with Crippen LogP contribution < -0.4 is 10.5 Å². The van der Waals surface area contributed by atoms with E-state index in [1.807, 2.05) is 20.8 Å². The highest BCUT2D eigenvalue weighted by Gasteiger charge is 2.11. The van der Waals surface area contributed by atoms with Gasteiger partial charge in [-0.25, -0.2) is 0 Å². The van der Waals surface area contributed by atoms with Crippen molar-refractivity contribution in [1.82, 2.24) is 4.90 Å². The van der Waals surface area contributed by atoms with Crippen molar-refractivity contribution in [2.24, 2.45) is 5.73 Å². The summed E-state index contributed by atoms with van der Waals surface area (Å²) < 4.78 is 5.66. The average Bonchev–Trinajstić information content (AvgIpc) is 2.36. The summed E-state index contributed by atoms with van der Waals surface area (Å²) in [6.07, 6.45) is 0.861. The van der Waals surface area contributed by atoms with Crippen molar-refractivity contribution < 1.29 is 9.53 Å². The van der Waals surface area contributed by atoms with Gasteiger partial charge in [0.2, 0.25) is 0 Å². The Morgan fingerprint density at radius 1 is 1.32 bits per heavy atom. The molecule has 0 heterocycles. The fourth-order valence-electron chi connectivity index (χ4n) is 2.00. The molecule has 0 saturated heterocycles. The van der Waals surface area contributed by atoms with Crippen molar-refractivity contribution in [3.8, 4) is 5.75 Å². The normalized spacial score (nSPS) is 10.4. The molecule has 0 radical (unpaired) electrons. The first-order valence-corrected chi connectivity index (χ1v) is 6.66. The summed E-state index contributed by atoms with van der Waals surface area (Å²) in [7, 11) is 1.77. The van der Waals surface area contributed by atoms with Crippen LogP contribution in [0.2, 0.25) is 0 Å². The third-order valence-corrected chi connectivity index (χ3v) is 3.19. The van der Waals surface area contributed by atoms with Crippen LogP contribution in [0.4, 0.5) is 0 Å². The predicted molar refractivity (Wildman–Crippen MR) is 77.5 cm³/mol. The summed E-state index contributed by atoms with van der Waals surface area (Å²) in [6, 6.07) is 4.15. The lowest BCUT2D eigenvalue weighted by atomic mass is 10.0. The fraction of sp³-hybridized carbons (Fsp3) is 0.533. The molecule has 2 N–H and O–H groups in total. The van der Waals surface area contributed by atoms with Gasteiger partial charge in [0.05, 0.1) is 0 Å². The summed E-state index contributed by atoms with van der Waals surface area (Å²) in [5, 5.41) is 0. The first-order chi connectivity index (χ1) is 8.99. The zero-order valence-corrected chi connectivity index (χ0v) is 12.3. The third kappa shape index (κ3) is 4.24. The maximum Gasteiger partial charge on any atom is 0.260 e. The van der Waals surface area contributed by atoms with Gasteiger partial charge in [-0.05, 0) is 50.4 Å². The van der Waals surface area contributed by atoms with Crippen molar-refractivity contribution in [2.75, 3.05) is 26.7 Å². The lowest BCUT2D eigenvalue weighted by molar-refractivity contribution is -0.131. The van der Waals surface area contributed by atoms with Gasteiger partial charge < -0.3 is 15.4 Å². The molecule has 1 aromatic carbocycles. The largest absolute Gasteiger partial charge is 0.483 e. The average molecular weight is 264 g/mol. The molecule has 1 aromatic rings. The van der Waals surface area contributed by atoms with E-state index in [4.69, 9.17) is 10.5 Å². The smallest absolute Gasteiger partial charge is 0.260 e. The molecule has 0 aliphatic rings. The number of nitrogens with zero attached hydrogens (tertiary/aromatic N) is 1. The molecule has 1 amide bonds. The molecule has 0 bridgehead atoms. The van der Waals surface area contributed by atoms with Crippen molar-refractivity contribution in [2.45, 2.75) is 27.2 Å². The minimum Gasteiger partial charge on any atom is -0.483 e. The number of nitrogens with two attached hydrogens (primary N) is 1. The SMILES string of the molecule is CCN(C)C(=O)COc1c(C)cc(CCN)cc1C. The summed E-state index contributed by atoms with van der Waals surface area (Å²) >= 11 is 0. The van der Waals surface area contributed by atoms with E-state index in [2.05, 4.69) is 12.1 Å². The Labute approximate surface area is 115 Å². The molecule has 0 aliphatic heterocycles. The topological polar surface area (TPSA) is 55.6 Å². The van der Waals surface area contributed by atoms with Gasteiger partial charge >= 0.3 is 0 Å².